The van der Waals surface area contributed by atoms with Crippen molar-refractivity contribution in [2.45, 2.75) is 19.3 Å². The Kier molecular flexibility index (Phi) is 7.27. The molecule has 2 saturated heterocycles. The Labute approximate surface area is 194 Å². The number of methoxy groups -OCH3 is 1. The van der Waals surface area contributed by atoms with E-state index in [1.54, 1.807) is 36.3 Å². The Morgan fingerprint density at radius 2 is 1.61 bits per heavy atom. The molecule has 0 aromatic heterocycles. The number of likely N-dealkylation sites (tertiary alicyclic amines) is 1. The largest absolute Gasteiger partial charge is 0.497 e. The molecule has 1 unspecified atom stereocenters. The number of piperazine rings is 1. The second-order valence-electron chi connectivity index (χ2n) is 8.66. The third kappa shape index (κ3) is 5.53. The van der Waals surface area contributed by atoms with Crippen molar-refractivity contribution in [3.8, 4) is 5.75 Å². The molecule has 2 fully saturated rings. The van der Waals surface area contributed by atoms with E-state index < -0.39 is 0 Å². The lowest BCUT2D eigenvalue weighted by atomic mass is 9.95. The van der Waals surface area contributed by atoms with Crippen LogP contribution in [0.5, 0.6) is 5.75 Å². The minimum Gasteiger partial charge on any atom is -0.497 e. The molecule has 0 saturated carbocycles. The van der Waals surface area contributed by atoms with Crippen LogP contribution < -0.4 is 4.74 Å². The van der Waals surface area contributed by atoms with Gasteiger partial charge in [0.1, 0.15) is 5.75 Å². The molecule has 174 valence electrons. The zero-order chi connectivity index (χ0) is 23.2. The van der Waals surface area contributed by atoms with Crippen LogP contribution in [0.4, 0.5) is 0 Å². The van der Waals surface area contributed by atoms with Crippen molar-refractivity contribution in [2.75, 3.05) is 46.4 Å². The summed E-state index contributed by atoms with van der Waals surface area (Å²) >= 11 is 0. The highest BCUT2D eigenvalue weighted by Gasteiger charge is 2.34. The molecule has 7 nitrogen and oxygen atoms in total. The lowest BCUT2D eigenvalue weighted by Crippen LogP contribution is -2.54. The lowest BCUT2D eigenvalue weighted by Gasteiger charge is -2.39. The molecule has 1 atom stereocenters. The molecule has 7 heteroatoms. The number of carbonyl (C=O) groups is 3. The monoisotopic (exact) mass is 449 g/mol. The van der Waals surface area contributed by atoms with Gasteiger partial charge in [-0.25, -0.2) is 0 Å². The fourth-order valence-corrected chi connectivity index (χ4v) is 4.55. The van der Waals surface area contributed by atoms with E-state index in [9.17, 15) is 14.4 Å². The molecule has 2 aromatic rings. The number of hydrogen-bond acceptors (Lipinski definition) is 4. The van der Waals surface area contributed by atoms with Gasteiger partial charge in [0.15, 0.2) is 0 Å². The average molecular weight is 450 g/mol. The summed E-state index contributed by atoms with van der Waals surface area (Å²) in [5.41, 5.74) is 1.81. The van der Waals surface area contributed by atoms with E-state index in [1.807, 2.05) is 28.0 Å². The van der Waals surface area contributed by atoms with Crippen LogP contribution in [0.25, 0.3) is 0 Å². The maximum absolute atomic E-state index is 13.2. The predicted molar refractivity (Wildman–Crippen MR) is 125 cm³/mol. The van der Waals surface area contributed by atoms with Crippen molar-refractivity contribution in [2.24, 2.45) is 5.92 Å². The van der Waals surface area contributed by atoms with Crippen LogP contribution >= 0.6 is 0 Å². The molecule has 33 heavy (non-hydrogen) atoms. The van der Waals surface area contributed by atoms with E-state index in [2.05, 4.69) is 12.1 Å². The summed E-state index contributed by atoms with van der Waals surface area (Å²) in [4.78, 5) is 43.8. The number of piperidine rings is 1. The number of carbonyl (C=O) groups excluding carboxylic acids is 3. The maximum atomic E-state index is 13.2. The van der Waals surface area contributed by atoms with Crippen molar-refractivity contribution in [1.82, 2.24) is 14.7 Å². The highest BCUT2D eigenvalue weighted by molar-refractivity contribution is 5.94. The molecule has 2 heterocycles. The molecule has 0 bridgehead atoms. The number of hydrogen-bond donors (Lipinski definition) is 0. The van der Waals surface area contributed by atoms with Crippen LogP contribution in [-0.4, -0.2) is 78.8 Å². The Morgan fingerprint density at radius 3 is 2.27 bits per heavy atom. The molecular formula is C26H31N3O4. The van der Waals surface area contributed by atoms with Crippen molar-refractivity contribution in [3.63, 3.8) is 0 Å². The van der Waals surface area contributed by atoms with Gasteiger partial charge in [-0.05, 0) is 42.7 Å². The summed E-state index contributed by atoms with van der Waals surface area (Å²) in [6, 6.07) is 17.2. The van der Waals surface area contributed by atoms with Gasteiger partial charge in [0.2, 0.25) is 11.8 Å². The highest BCUT2D eigenvalue weighted by Crippen LogP contribution is 2.22. The zero-order valence-corrected chi connectivity index (χ0v) is 19.1. The SMILES string of the molecule is COc1ccc(C(=O)N2CCN(C(=O)C3CCC(=O)N(CCc4ccccc4)C3)CC2)cc1. The van der Waals surface area contributed by atoms with Gasteiger partial charge in [0.05, 0.1) is 13.0 Å². The topological polar surface area (TPSA) is 70.2 Å². The molecule has 2 aromatic carbocycles. The van der Waals surface area contributed by atoms with E-state index in [1.165, 1.54) is 5.56 Å². The Balaban J connectivity index is 1.28. The van der Waals surface area contributed by atoms with Crippen LogP contribution in [0, 0.1) is 5.92 Å². The van der Waals surface area contributed by atoms with Gasteiger partial charge in [0.25, 0.3) is 5.91 Å². The predicted octanol–water partition coefficient (Wildman–Crippen LogP) is 2.46. The maximum Gasteiger partial charge on any atom is 0.253 e. The molecule has 0 spiro atoms. The Morgan fingerprint density at radius 1 is 0.939 bits per heavy atom. The standard InChI is InChI=1S/C26H31N3O4/c1-33-23-10-7-21(8-11-23)25(31)27-15-17-28(18-16-27)26(32)22-9-12-24(30)29(19-22)14-13-20-5-3-2-4-6-20/h2-8,10-11,22H,9,12-19H2,1H3. The van der Waals surface area contributed by atoms with Gasteiger partial charge < -0.3 is 19.4 Å². The molecular weight excluding hydrogens is 418 g/mol. The van der Waals surface area contributed by atoms with Crippen LogP contribution in [0.1, 0.15) is 28.8 Å². The van der Waals surface area contributed by atoms with Crippen LogP contribution in [-0.2, 0) is 16.0 Å². The summed E-state index contributed by atoms with van der Waals surface area (Å²) in [6.07, 6.45) is 1.81. The molecule has 0 radical (unpaired) electrons. The normalized spacial score (nSPS) is 18.9. The van der Waals surface area contributed by atoms with Crippen LogP contribution in [0.3, 0.4) is 0 Å². The Bertz CT molecular complexity index is 969. The van der Waals surface area contributed by atoms with Crippen molar-refractivity contribution >= 4 is 17.7 Å². The van der Waals surface area contributed by atoms with E-state index in [0.29, 0.717) is 63.4 Å². The summed E-state index contributed by atoms with van der Waals surface area (Å²) in [6.45, 7) is 3.19. The minimum absolute atomic E-state index is 0.0277. The summed E-state index contributed by atoms with van der Waals surface area (Å²) in [5.74, 6) is 0.752. The number of nitrogens with zero attached hydrogens (tertiary/aromatic N) is 3. The van der Waals surface area contributed by atoms with Gasteiger partial charge in [-0.2, -0.15) is 0 Å². The van der Waals surface area contributed by atoms with Crippen molar-refractivity contribution in [3.05, 3.63) is 65.7 Å². The quantitative estimate of drug-likeness (QED) is 0.679. The first kappa shape index (κ1) is 22.8. The fraction of sp³-hybridized carbons (Fsp3) is 0.423. The second kappa shape index (κ2) is 10.5. The highest BCUT2D eigenvalue weighted by atomic mass is 16.5. The van der Waals surface area contributed by atoms with E-state index in [0.717, 1.165) is 6.42 Å². The molecule has 0 N–H and O–H groups in total. The van der Waals surface area contributed by atoms with Gasteiger partial charge in [-0.1, -0.05) is 30.3 Å². The molecule has 2 aliphatic rings. The average Bonchev–Trinajstić information content (AvgIpc) is 2.88. The smallest absolute Gasteiger partial charge is 0.253 e. The first-order valence-electron chi connectivity index (χ1n) is 11.6. The summed E-state index contributed by atoms with van der Waals surface area (Å²) in [7, 11) is 1.60. The summed E-state index contributed by atoms with van der Waals surface area (Å²) in [5, 5.41) is 0. The molecule has 2 aliphatic heterocycles. The third-order valence-electron chi connectivity index (χ3n) is 6.58. The number of amides is 3. The van der Waals surface area contributed by atoms with E-state index in [-0.39, 0.29) is 23.6 Å². The number of rotatable bonds is 6. The lowest BCUT2D eigenvalue weighted by molar-refractivity contribution is -0.144. The van der Waals surface area contributed by atoms with Crippen molar-refractivity contribution < 1.29 is 19.1 Å². The zero-order valence-electron chi connectivity index (χ0n) is 19.1. The van der Waals surface area contributed by atoms with Crippen molar-refractivity contribution in [1.29, 1.82) is 0 Å². The fourth-order valence-electron chi connectivity index (χ4n) is 4.55. The molecule has 3 amide bonds. The van der Waals surface area contributed by atoms with Gasteiger partial charge in [-0.15, -0.1) is 0 Å². The number of ether oxygens (including phenoxy) is 1. The minimum atomic E-state index is -0.165. The van der Waals surface area contributed by atoms with E-state index in [4.69, 9.17) is 4.74 Å². The van der Waals surface area contributed by atoms with Gasteiger partial charge >= 0.3 is 0 Å². The van der Waals surface area contributed by atoms with E-state index >= 15 is 0 Å². The number of benzene rings is 2. The van der Waals surface area contributed by atoms with Crippen LogP contribution in [0.15, 0.2) is 54.6 Å². The van der Waals surface area contributed by atoms with Gasteiger partial charge in [0, 0.05) is 51.3 Å². The summed E-state index contributed by atoms with van der Waals surface area (Å²) < 4.78 is 5.15. The first-order valence-corrected chi connectivity index (χ1v) is 11.6. The molecule has 0 aliphatic carbocycles. The third-order valence-corrected chi connectivity index (χ3v) is 6.58. The second-order valence-corrected chi connectivity index (χ2v) is 8.66. The molecule has 4 rings (SSSR count). The van der Waals surface area contributed by atoms with Crippen LogP contribution in [0.2, 0.25) is 0 Å². The first-order chi connectivity index (χ1) is 16.0. The Hall–Kier alpha value is -3.35. The van der Waals surface area contributed by atoms with Gasteiger partial charge in [-0.3, -0.25) is 14.4 Å².